The fourth-order valence-electron chi connectivity index (χ4n) is 2.55. The highest BCUT2D eigenvalue weighted by Crippen LogP contribution is 2.21. The summed E-state index contributed by atoms with van der Waals surface area (Å²) in [6.45, 7) is 4.55. The van der Waals surface area contributed by atoms with Crippen LogP contribution in [-0.4, -0.2) is 19.1 Å². The number of benzene rings is 1. The Hall–Kier alpha value is -1.02. The zero-order valence-electron chi connectivity index (χ0n) is 10.1. The standard InChI is InChI=1S/C14H22N2/c1-2-6-12-9-10-15-11-14(12)16-13-7-4-3-5-8-13/h3-5,7-8,12,14-16H,2,6,9-11H2,1H3/t12-,14+/m0/s1. The lowest BCUT2D eigenvalue weighted by atomic mass is 9.88. The third-order valence-electron chi connectivity index (χ3n) is 3.41. The molecule has 0 aromatic heterocycles. The molecule has 1 aliphatic heterocycles. The minimum atomic E-state index is 0.594. The molecule has 2 rings (SSSR count). The van der Waals surface area contributed by atoms with Crippen LogP contribution in [0, 0.1) is 5.92 Å². The Kier molecular flexibility index (Phi) is 4.23. The first-order valence-corrected chi connectivity index (χ1v) is 6.42. The number of hydrogen-bond acceptors (Lipinski definition) is 2. The number of rotatable bonds is 4. The lowest BCUT2D eigenvalue weighted by Crippen LogP contribution is -2.45. The van der Waals surface area contributed by atoms with E-state index in [1.54, 1.807) is 0 Å². The first kappa shape index (κ1) is 11.5. The van der Waals surface area contributed by atoms with Gasteiger partial charge in [-0.1, -0.05) is 31.5 Å². The Balaban J connectivity index is 1.96. The highest BCUT2D eigenvalue weighted by atomic mass is 15.0. The molecule has 0 radical (unpaired) electrons. The van der Waals surface area contributed by atoms with Crippen molar-refractivity contribution in [1.82, 2.24) is 5.32 Å². The molecule has 2 atom stereocenters. The lowest BCUT2D eigenvalue weighted by Gasteiger charge is -2.33. The second kappa shape index (κ2) is 5.90. The third kappa shape index (κ3) is 2.99. The average molecular weight is 218 g/mol. The number of para-hydroxylation sites is 1. The van der Waals surface area contributed by atoms with Gasteiger partial charge in [-0.25, -0.2) is 0 Å². The Morgan fingerprint density at radius 2 is 2.12 bits per heavy atom. The molecule has 2 nitrogen and oxygen atoms in total. The SMILES string of the molecule is CCC[C@H]1CCNC[C@H]1Nc1ccccc1. The first-order valence-electron chi connectivity index (χ1n) is 6.42. The molecule has 0 aliphatic carbocycles. The molecule has 0 amide bonds. The van der Waals surface area contributed by atoms with E-state index in [9.17, 15) is 0 Å². The van der Waals surface area contributed by atoms with Gasteiger partial charge in [-0.2, -0.15) is 0 Å². The quantitative estimate of drug-likeness (QED) is 0.812. The summed E-state index contributed by atoms with van der Waals surface area (Å²) < 4.78 is 0. The number of anilines is 1. The summed E-state index contributed by atoms with van der Waals surface area (Å²) in [6.07, 6.45) is 3.93. The van der Waals surface area contributed by atoms with Crippen LogP contribution in [-0.2, 0) is 0 Å². The Labute approximate surface area is 98.4 Å². The molecular formula is C14H22N2. The largest absolute Gasteiger partial charge is 0.381 e. The molecule has 0 bridgehead atoms. The molecule has 16 heavy (non-hydrogen) atoms. The van der Waals surface area contributed by atoms with Crippen LogP contribution in [0.4, 0.5) is 5.69 Å². The van der Waals surface area contributed by atoms with Gasteiger partial charge in [0.15, 0.2) is 0 Å². The van der Waals surface area contributed by atoms with Crippen LogP contribution in [0.1, 0.15) is 26.2 Å². The molecule has 0 spiro atoms. The van der Waals surface area contributed by atoms with E-state index in [1.165, 1.54) is 31.5 Å². The summed E-state index contributed by atoms with van der Waals surface area (Å²) >= 11 is 0. The molecule has 0 unspecified atom stereocenters. The zero-order chi connectivity index (χ0) is 11.2. The van der Waals surface area contributed by atoms with Gasteiger partial charge in [0, 0.05) is 18.3 Å². The van der Waals surface area contributed by atoms with Gasteiger partial charge in [0.2, 0.25) is 0 Å². The van der Waals surface area contributed by atoms with E-state index in [0.29, 0.717) is 6.04 Å². The van der Waals surface area contributed by atoms with Gasteiger partial charge in [0.05, 0.1) is 0 Å². The van der Waals surface area contributed by atoms with E-state index < -0.39 is 0 Å². The molecule has 1 heterocycles. The van der Waals surface area contributed by atoms with Crippen LogP contribution in [0.15, 0.2) is 30.3 Å². The van der Waals surface area contributed by atoms with E-state index >= 15 is 0 Å². The monoisotopic (exact) mass is 218 g/mol. The van der Waals surface area contributed by atoms with Crippen LogP contribution in [0.3, 0.4) is 0 Å². The van der Waals surface area contributed by atoms with Gasteiger partial charge in [0.25, 0.3) is 0 Å². The van der Waals surface area contributed by atoms with Gasteiger partial charge in [-0.05, 0) is 37.4 Å². The fraction of sp³-hybridized carbons (Fsp3) is 0.571. The third-order valence-corrected chi connectivity index (χ3v) is 3.41. The van der Waals surface area contributed by atoms with Gasteiger partial charge < -0.3 is 10.6 Å². The van der Waals surface area contributed by atoms with Gasteiger partial charge in [0.1, 0.15) is 0 Å². The molecule has 1 fully saturated rings. The van der Waals surface area contributed by atoms with Crippen LogP contribution in [0.25, 0.3) is 0 Å². The van der Waals surface area contributed by atoms with Crippen molar-refractivity contribution in [3.05, 3.63) is 30.3 Å². The van der Waals surface area contributed by atoms with Crippen molar-refractivity contribution in [2.45, 2.75) is 32.2 Å². The summed E-state index contributed by atoms with van der Waals surface area (Å²) in [5.41, 5.74) is 1.25. The van der Waals surface area contributed by atoms with Gasteiger partial charge >= 0.3 is 0 Å². The van der Waals surface area contributed by atoms with Crippen LogP contribution < -0.4 is 10.6 Å². The highest BCUT2D eigenvalue weighted by Gasteiger charge is 2.23. The van der Waals surface area contributed by atoms with Crippen molar-refractivity contribution < 1.29 is 0 Å². The van der Waals surface area contributed by atoms with Gasteiger partial charge in [-0.3, -0.25) is 0 Å². The van der Waals surface area contributed by atoms with Crippen molar-refractivity contribution in [2.24, 2.45) is 5.92 Å². The Morgan fingerprint density at radius 1 is 1.31 bits per heavy atom. The molecule has 1 saturated heterocycles. The van der Waals surface area contributed by atoms with Crippen LogP contribution >= 0.6 is 0 Å². The molecule has 0 saturated carbocycles. The van der Waals surface area contributed by atoms with E-state index in [2.05, 4.69) is 47.9 Å². The molecule has 2 heteroatoms. The normalized spacial score (nSPS) is 25.3. The second-order valence-electron chi connectivity index (χ2n) is 4.66. The van der Waals surface area contributed by atoms with Crippen molar-refractivity contribution in [1.29, 1.82) is 0 Å². The topological polar surface area (TPSA) is 24.1 Å². The van der Waals surface area contributed by atoms with E-state index in [0.717, 1.165) is 12.5 Å². The molecule has 2 N–H and O–H groups in total. The summed E-state index contributed by atoms with van der Waals surface area (Å²) in [5, 5.41) is 7.13. The minimum Gasteiger partial charge on any atom is -0.381 e. The molecular weight excluding hydrogens is 196 g/mol. The van der Waals surface area contributed by atoms with Crippen molar-refractivity contribution in [3.63, 3.8) is 0 Å². The number of hydrogen-bond donors (Lipinski definition) is 2. The summed E-state index contributed by atoms with van der Waals surface area (Å²) in [5.74, 6) is 0.825. The molecule has 88 valence electrons. The highest BCUT2D eigenvalue weighted by molar-refractivity contribution is 5.43. The Morgan fingerprint density at radius 3 is 2.88 bits per heavy atom. The minimum absolute atomic E-state index is 0.594. The molecule has 1 aromatic rings. The smallest absolute Gasteiger partial charge is 0.0414 e. The van der Waals surface area contributed by atoms with Crippen molar-refractivity contribution >= 4 is 5.69 Å². The van der Waals surface area contributed by atoms with Gasteiger partial charge in [-0.15, -0.1) is 0 Å². The maximum Gasteiger partial charge on any atom is 0.0414 e. The lowest BCUT2D eigenvalue weighted by molar-refractivity contribution is 0.321. The maximum atomic E-state index is 3.65. The van der Waals surface area contributed by atoms with Crippen molar-refractivity contribution in [3.8, 4) is 0 Å². The zero-order valence-corrected chi connectivity index (χ0v) is 10.1. The summed E-state index contributed by atoms with van der Waals surface area (Å²) in [6, 6.07) is 11.1. The number of nitrogens with one attached hydrogen (secondary N) is 2. The summed E-state index contributed by atoms with van der Waals surface area (Å²) in [4.78, 5) is 0. The van der Waals surface area contributed by atoms with E-state index in [4.69, 9.17) is 0 Å². The van der Waals surface area contributed by atoms with E-state index in [1.807, 2.05) is 0 Å². The maximum absolute atomic E-state index is 3.65. The van der Waals surface area contributed by atoms with Crippen LogP contribution in [0.2, 0.25) is 0 Å². The fourth-order valence-corrected chi connectivity index (χ4v) is 2.55. The first-order chi connectivity index (χ1) is 7.90. The predicted molar refractivity (Wildman–Crippen MR) is 69.7 cm³/mol. The van der Waals surface area contributed by atoms with E-state index in [-0.39, 0.29) is 0 Å². The molecule has 1 aromatic carbocycles. The van der Waals surface area contributed by atoms with Crippen molar-refractivity contribution in [2.75, 3.05) is 18.4 Å². The number of piperidine rings is 1. The van der Waals surface area contributed by atoms with Crippen LogP contribution in [0.5, 0.6) is 0 Å². The second-order valence-corrected chi connectivity index (χ2v) is 4.66. The average Bonchev–Trinajstić information content (AvgIpc) is 2.33. The molecule has 1 aliphatic rings. The predicted octanol–water partition coefficient (Wildman–Crippen LogP) is 2.88. The summed E-state index contributed by atoms with van der Waals surface area (Å²) in [7, 11) is 0. The Bertz CT molecular complexity index is 295.